The van der Waals surface area contributed by atoms with E-state index in [1.54, 1.807) is 11.8 Å². The van der Waals surface area contributed by atoms with Crippen LogP contribution in [0.3, 0.4) is 0 Å². The van der Waals surface area contributed by atoms with Gasteiger partial charge in [0.25, 0.3) is 0 Å². The van der Waals surface area contributed by atoms with E-state index in [1.807, 2.05) is 29.5 Å². The lowest BCUT2D eigenvalue weighted by Gasteiger charge is -2.28. The van der Waals surface area contributed by atoms with Gasteiger partial charge in [-0.2, -0.15) is 0 Å². The minimum atomic E-state index is 0.177. The van der Waals surface area contributed by atoms with E-state index in [0.29, 0.717) is 6.42 Å². The van der Waals surface area contributed by atoms with E-state index in [2.05, 4.69) is 35.0 Å². The summed E-state index contributed by atoms with van der Waals surface area (Å²) < 4.78 is 0. The van der Waals surface area contributed by atoms with Gasteiger partial charge in [-0.3, -0.25) is 4.79 Å². The van der Waals surface area contributed by atoms with Crippen molar-refractivity contribution in [2.45, 2.75) is 42.4 Å². The molecule has 1 aromatic heterocycles. The van der Waals surface area contributed by atoms with E-state index in [-0.39, 0.29) is 11.3 Å². The molecule has 1 aliphatic carbocycles. The lowest BCUT2D eigenvalue weighted by molar-refractivity contribution is -0.120. The number of nitrogens with one attached hydrogen (secondary N) is 1. The first-order valence-corrected chi connectivity index (χ1v) is 10.1. The van der Waals surface area contributed by atoms with E-state index < -0.39 is 0 Å². The highest BCUT2D eigenvalue weighted by atomic mass is 32.2. The van der Waals surface area contributed by atoms with Gasteiger partial charge in [-0.05, 0) is 36.4 Å². The van der Waals surface area contributed by atoms with Gasteiger partial charge in [0.2, 0.25) is 5.91 Å². The summed E-state index contributed by atoms with van der Waals surface area (Å²) in [5.41, 5.74) is 0.191. The molecule has 0 bridgehead atoms. The van der Waals surface area contributed by atoms with E-state index >= 15 is 0 Å². The highest BCUT2D eigenvalue weighted by Gasteiger charge is 2.36. The molecule has 1 fully saturated rings. The molecule has 122 valence electrons. The first-order chi connectivity index (χ1) is 11.3. The Morgan fingerprint density at radius 1 is 1.13 bits per heavy atom. The summed E-state index contributed by atoms with van der Waals surface area (Å²) in [5.74, 6) is 1.01. The van der Waals surface area contributed by atoms with E-state index in [4.69, 9.17) is 0 Å². The number of hydrogen-bond acceptors (Lipinski definition) is 3. The molecule has 4 heteroatoms. The zero-order chi connectivity index (χ0) is 16.0. The normalized spacial score (nSPS) is 16.3. The molecule has 0 atom stereocenters. The molecule has 0 saturated heterocycles. The van der Waals surface area contributed by atoms with Gasteiger partial charge in [0.1, 0.15) is 0 Å². The van der Waals surface area contributed by atoms with Crippen molar-refractivity contribution in [1.29, 1.82) is 0 Å². The molecule has 0 unspecified atom stereocenters. The number of rotatable bonds is 7. The van der Waals surface area contributed by atoms with Crippen LogP contribution in [0.5, 0.6) is 0 Å². The lowest BCUT2D eigenvalue weighted by Crippen LogP contribution is -2.38. The average Bonchev–Trinajstić information content (AvgIpc) is 3.26. The van der Waals surface area contributed by atoms with E-state index in [0.717, 1.165) is 12.3 Å². The van der Waals surface area contributed by atoms with Crippen molar-refractivity contribution in [2.24, 2.45) is 0 Å². The van der Waals surface area contributed by atoms with Crippen LogP contribution in [-0.4, -0.2) is 18.2 Å². The first-order valence-electron chi connectivity index (χ1n) is 8.27. The maximum absolute atomic E-state index is 12.2. The van der Waals surface area contributed by atoms with Crippen molar-refractivity contribution in [1.82, 2.24) is 5.32 Å². The van der Waals surface area contributed by atoms with Crippen molar-refractivity contribution in [3.63, 3.8) is 0 Å². The number of thiophene rings is 1. The van der Waals surface area contributed by atoms with Crippen molar-refractivity contribution in [3.8, 4) is 0 Å². The van der Waals surface area contributed by atoms with Crippen molar-refractivity contribution >= 4 is 29.0 Å². The SMILES string of the molecule is O=C(CCSc1ccccc1)NCC1(c2cccs2)CCCC1. The second kappa shape index (κ2) is 8.02. The number of carbonyl (C=O) groups excluding carboxylic acids is 1. The third kappa shape index (κ3) is 4.39. The van der Waals surface area contributed by atoms with Crippen LogP contribution in [0.1, 0.15) is 37.0 Å². The summed E-state index contributed by atoms with van der Waals surface area (Å²) in [6, 6.07) is 14.6. The fraction of sp³-hybridized carbons (Fsp3) is 0.421. The van der Waals surface area contributed by atoms with E-state index in [9.17, 15) is 4.79 Å². The number of benzene rings is 1. The Bertz CT molecular complexity index is 604. The summed E-state index contributed by atoms with van der Waals surface area (Å²) in [6.45, 7) is 0.794. The monoisotopic (exact) mass is 345 g/mol. The number of thioether (sulfide) groups is 1. The zero-order valence-corrected chi connectivity index (χ0v) is 14.9. The Balaban J connectivity index is 1.46. The Morgan fingerprint density at radius 2 is 1.91 bits per heavy atom. The van der Waals surface area contributed by atoms with Crippen LogP contribution in [0, 0.1) is 0 Å². The molecule has 1 heterocycles. The second-order valence-electron chi connectivity index (χ2n) is 6.15. The van der Waals surface area contributed by atoms with Gasteiger partial charge < -0.3 is 5.32 Å². The Hall–Kier alpha value is -1.26. The molecular formula is C19H23NOS2. The van der Waals surface area contributed by atoms with Gasteiger partial charge >= 0.3 is 0 Å². The van der Waals surface area contributed by atoms with Crippen LogP contribution in [-0.2, 0) is 10.2 Å². The third-order valence-corrected chi connectivity index (χ3v) is 6.70. The van der Waals surface area contributed by atoms with Crippen LogP contribution in [0.25, 0.3) is 0 Å². The first kappa shape index (κ1) is 16.6. The molecule has 0 spiro atoms. The summed E-state index contributed by atoms with van der Waals surface area (Å²) in [4.78, 5) is 14.8. The largest absolute Gasteiger partial charge is 0.355 e. The fourth-order valence-electron chi connectivity index (χ4n) is 3.28. The number of carbonyl (C=O) groups is 1. The average molecular weight is 346 g/mol. The quantitative estimate of drug-likeness (QED) is 0.726. The summed E-state index contributed by atoms with van der Waals surface area (Å²) >= 11 is 3.58. The van der Waals surface area contributed by atoms with Crippen LogP contribution < -0.4 is 5.32 Å². The lowest BCUT2D eigenvalue weighted by atomic mass is 9.84. The van der Waals surface area contributed by atoms with Gasteiger partial charge in [-0.1, -0.05) is 37.1 Å². The third-order valence-electron chi connectivity index (χ3n) is 4.57. The summed E-state index contributed by atoms with van der Waals surface area (Å²) in [6.07, 6.45) is 5.54. The Labute approximate surface area is 146 Å². The van der Waals surface area contributed by atoms with Gasteiger partial charge in [0.15, 0.2) is 0 Å². The van der Waals surface area contributed by atoms with Crippen LogP contribution in [0.2, 0.25) is 0 Å². The molecule has 0 aliphatic heterocycles. The molecule has 1 saturated carbocycles. The number of hydrogen-bond donors (Lipinski definition) is 1. The fourth-order valence-corrected chi connectivity index (χ4v) is 5.14. The van der Waals surface area contributed by atoms with Crippen molar-refractivity contribution in [2.75, 3.05) is 12.3 Å². The van der Waals surface area contributed by atoms with Crippen LogP contribution >= 0.6 is 23.1 Å². The summed E-state index contributed by atoms with van der Waals surface area (Å²) in [5, 5.41) is 5.34. The van der Waals surface area contributed by atoms with Gasteiger partial charge in [-0.15, -0.1) is 23.1 Å². The number of amides is 1. The van der Waals surface area contributed by atoms with Gasteiger partial charge in [-0.25, -0.2) is 0 Å². The highest BCUT2D eigenvalue weighted by Crippen LogP contribution is 2.42. The van der Waals surface area contributed by atoms with Gasteiger partial charge in [0, 0.05) is 33.9 Å². The second-order valence-corrected chi connectivity index (χ2v) is 8.27. The predicted octanol–water partition coefficient (Wildman–Crippen LogP) is 4.86. The Kier molecular flexibility index (Phi) is 5.79. The standard InChI is InChI=1S/C19H23NOS2/c21-18(10-14-22-16-7-2-1-3-8-16)20-15-19(11-4-5-12-19)17-9-6-13-23-17/h1-3,6-9,13H,4-5,10-12,14-15H2,(H,20,21). The van der Waals surface area contributed by atoms with Crippen molar-refractivity contribution in [3.05, 3.63) is 52.7 Å². The smallest absolute Gasteiger partial charge is 0.220 e. The van der Waals surface area contributed by atoms with Gasteiger partial charge in [0.05, 0.1) is 0 Å². The minimum Gasteiger partial charge on any atom is -0.355 e. The topological polar surface area (TPSA) is 29.1 Å². The molecule has 1 amide bonds. The Morgan fingerprint density at radius 3 is 2.61 bits per heavy atom. The molecule has 1 aromatic carbocycles. The molecule has 0 radical (unpaired) electrons. The molecule has 1 aliphatic rings. The molecule has 3 rings (SSSR count). The maximum atomic E-state index is 12.2. The molecule has 1 N–H and O–H groups in total. The minimum absolute atomic E-state index is 0.177. The zero-order valence-electron chi connectivity index (χ0n) is 13.3. The molecule has 2 aromatic rings. The highest BCUT2D eigenvalue weighted by molar-refractivity contribution is 7.99. The summed E-state index contributed by atoms with van der Waals surface area (Å²) in [7, 11) is 0. The van der Waals surface area contributed by atoms with Crippen LogP contribution in [0.4, 0.5) is 0 Å². The molecular weight excluding hydrogens is 322 g/mol. The molecule has 23 heavy (non-hydrogen) atoms. The van der Waals surface area contributed by atoms with Crippen LogP contribution in [0.15, 0.2) is 52.7 Å². The molecule has 2 nitrogen and oxygen atoms in total. The predicted molar refractivity (Wildman–Crippen MR) is 99.3 cm³/mol. The van der Waals surface area contributed by atoms with E-state index in [1.165, 1.54) is 35.5 Å². The maximum Gasteiger partial charge on any atom is 0.220 e. The van der Waals surface area contributed by atoms with Crippen molar-refractivity contribution < 1.29 is 4.79 Å².